The van der Waals surface area contributed by atoms with E-state index in [1.54, 1.807) is 51.4 Å². The summed E-state index contributed by atoms with van der Waals surface area (Å²) in [4.78, 5) is 33.2. The average Bonchev–Trinajstić information content (AvgIpc) is 2.59. The molecule has 0 aliphatic rings. The number of aldehydes is 1. The third-order valence-corrected chi connectivity index (χ3v) is 3.25. The second-order valence-corrected chi connectivity index (χ2v) is 6.46. The molecule has 8 nitrogen and oxygen atoms in total. The molecule has 132 valence electrons. The van der Waals surface area contributed by atoms with Crippen molar-refractivity contribution in [1.29, 1.82) is 0 Å². The van der Waals surface area contributed by atoms with E-state index in [2.05, 4.69) is 20.2 Å². The van der Waals surface area contributed by atoms with Gasteiger partial charge in [0, 0.05) is 12.4 Å². The molecule has 2 heterocycles. The van der Waals surface area contributed by atoms with Gasteiger partial charge in [-0.2, -0.15) is 5.10 Å². The second kappa shape index (κ2) is 7.78. The maximum atomic E-state index is 12.6. The fraction of sp³-hybridized carbons (Fsp3) is 0.412. The van der Waals surface area contributed by atoms with Crippen LogP contribution in [-0.2, 0) is 11.3 Å². The summed E-state index contributed by atoms with van der Waals surface area (Å²) in [5, 5.41) is 7.76. The molecule has 1 atom stereocenters. The van der Waals surface area contributed by atoms with Crippen molar-refractivity contribution < 1.29 is 14.3 Å². The van der Waals surface area contributed by atoms with Crippen LogP contribution in [0.4, 0.5) is 4.79 Å². The molecule has 25 heavy (non-hydrogen) atoms. The van der Waals surface area contributed by atoms with Gasteiger partial charge in [0.25, 0.3) is 0 Å². The van der Waals surface area contributed by atoms with Crippen LogP contribution >= 0.6 is 0 Å². The first-order valence-electron chi connectivity index (χ1n) is 7.84. The fourth-order valence-electron chi connectivity index (χ4n) is 2.04. The molecule has 1 amide bonds. The summed E-state index contributed by atoms with van der Waals surface area (Å²) in [6.45, 7) is 7.36. The van der Waals surface area contributed by atoms with E-state index in [0.717, 1.165) is 0 Å². The number of ether oxygens (including phenoxy) is 1. The van der Waals surface area contributed by atoms with Gasteiger partial charge in [0.2, 0.25) is 0 Å². The molecule has 0 fully saturated rings. The van der Waals surface area contributed by atoms with E-state index < -0.39 is 17.7 Å². The predicted molar refractivity (Wildman–Crippen MR) is 89.6 cm³/mol. The van der Waals surface area contributed by atoms with Crippen molar-refractivity contribution in [1.82, 2.24) is 25.1 Å². The lowest BCUT2D eigenvalue weighted by molar-refractivity contribution is 0.0141. The molecule has 0 saturated carbocycles. The van der Waals surface area contributed by atoms with Crippen LogP contribution in [0.2, 0.25) is 0 Å². The molecule has 0 bridgehead atoms. The Morgan fingerprint density at radius 2 is 1.92 bits per heavy atom. The van der Waals surface area contributed by atoms with E-state index in [-0.39, 0.29) is 12.2 Å². The van der Waals surface area contributed by atoms with Crippen molar-refractivity contribution in [3.05, 3.63) is 47.8 Å². The van der Waals surface area contributed by atoms with Crippen LogP contribution in [0.15, 0.2) is 30.6 Å². The summed E-state index contributed by atoms with van der Waals surface area (Å²) >= 11 is 0. The third-order valence-electron chi connectivity index (χ3n) is 3.25. The number of hydrogen-bond donors (Lipinski definition) is 0. The van der Waals surface area contributed by atoms with Crippen molar-refractivity contribution in [2.75, 3.05) is 0 Å². The Bertz CT molecular complexity index is 713. The molecule has 0 saturated heterocycles. The Kier molecular flexibility index (Phi) is 5.74. The molecule has 0 aliphatic heterocycles. The third kappa shape index (κ3) is 5.30. The van der Waals surface area contributed by atoms with Crippen LogP contribution in [0.25, 0.3) is 0 Å². The Morgan fingerprint density at radius 1 is 1.24 bits per heavy atom. The standard InChI is InChI=1S/C17H21N5O3/c1-12(15-18-8-5-9-19-15)22(16(24)25-17(2,3)4)10-13-6-7-14(11-23)21-20-13/h5-9,11-12H,10H2,1-4H3/t12-/m1/s1. The molecule has 0 radical (unpaired) electrons. The van der Waals surface area contributed by atoms with Gasteiger partial charge in [-0.1, -0.05) is 0 Å². The zero-order chi connectivity index (χ0) is 18.4. The van der Waals surface area contributed by atoms with Gasteiger partial charge in [-0.15, -0.1) is 5.10 Å². The first kappa shape index (κ1) is 18.4. The number of carbonyl (C=O) groups excluding carboxylic acids is 2. The SMILES string of the molecule is C[C@H](c1ncccn1)N(Cc1ccc(C=O)nn1)C(=O)OC(C)(C)C. The van der Waals surface area contributed by atoms with Crippen molar-refractivity contribution in [3.63, 3.8) is 0 Å². The number of amides is 1. The van der Waals surface area contributed by atoms with E-state index in [1.807, 2.05) is 6.92 Å². The van der Waals surface area contributed by atoms with Gasteiger partial charge >= 0.3 is 6.09 Å². The fourth-order valence-corrected chi connectivity index (χ4v) is 2.04. The van der Waals surface area contributed by atoms with Gasteiger partial charge in [0.15, 0.2) is 12.1 Å². The number of carbonyl (C=O) groups is 2. The maximum Gasteiger partial charge on any atom is 0.411 e. The van der Waals surface area contributed by atoms with E-state index in [4.69, 9.17) is 4.74 Å². The quantitative estimate of drug-likeness (QED) is 0.769. The lowest BCUT2D eigenvalue weighted by Gasteiger charge is -2.30. The highest BCUT2D eigenvalue weighted by Gasteiger charge is 2.28. The first-order chi connectivity index (χ1) is 11.8. The van der Waals surface area contributed by atoms with E-state index in [9.17, 15) is 9.59 Å². The van der Waals surface area contributed by atoms with Gasteiger partial charge in [0.1, 0.15) is 11.3 Å². The van der Waals surface area contributed by atoms with Crippen LogP contribution in [0, 0.1) is 0 Å². The van der Waals surface area contributed by atoms with Gasteiger partial charge in [0.05, 0.1) is 18.3 Å². The van der Waals surface area contributed by atoms with Crippen molar-refractivity contribution in [2.45, 2.75) is 45.9 Å². The Balaban J connectivity index is 2.27. The highest BCUT2D eigenvalue weighted by molar-refractivity contribution is 5.71. The second-order valence-electron chi connectivity index (χ2n) is 6.46. The predicted octanol–water partition coefficient (Wildman–Crippen LogP) is 2.58. The van der Waals surface area contributed by atoms with E-state index in [0.29, 0.717) is 17.8 Å². The largest absolute Gasteiger partial charge is 0.444 e. The summed E-state index contributed by atoms with van der Waals surface area (Å²) in [6.07, 6.45) is 3.34. The molecule has 0 unspecified atom stereocenters. The van der Waals surface area contributed by atoms with Crippen molar-refractivity contribution in [3.8, 4) is 0 Å². The van der Waals surface area contributed by atoms with Crippen LogP contribution < -0.4 is 0 Å². The first-order valence-corrected chi connectivity index (χ1v) is 7.84. The number of rotatable bonds is 5. The molecular weight excluding hydrogens is 322 g/mol. The maximum absolute atomic E-state index is 12.6. The topological polar surface area (TPSA) is 98.2 Å². The lowest BCUT2D eigenvalue weighted by atomic mass is 10.2. The van der Waals surface area contributed by atoms with Gasteiger partial charge in [-0.3, -0.25) is 9.69 Å². The summed E-state index contributed by atoms with van der Waals surface area (Å²) in [5.74, 6) is 0.492. The normalized spacial score (nSPS) is 12.3. The molecule has 2 aromatic heterocycles. The van der Waals surface area contributed by atoms with Crippen molar-refractivity contribution >= 4 is 12.4 Å². The van der Waals surface area contributed by atoms with Crippen LogP contribution in [0.1, 0.15) is 55.7 Å². The molecular formula is C17H21N5O3. The minimum atomic E-state index is -0.639. The highest BCUT2D eigenvalue weighted by atomic mass is 16.6. The van der Waals surface area contributed by atoms with Crippen LogP contribution in [0.3, 0.4) is 0 Å². The molecule has 2 aromatic rings. The zero-order valence-electron chi connectivity index (χ0n) is 14.7. The highest BCUT2D eigenvalue weighted by Crippen LogP contribution is 2.22. The Labute approximate surface area is 146 Å². The van der Waals surface area contributed by atoms with Crippen LogP contribution in [-0.4, -0.2) is 43.0 Å². The number of aromatic nitrogens is 4. The summed E-state index contributed by atoms with van der Waals surface area (Å²) in [5.41, 5.74) is 0.117. The molecule has 0 N–H and O–H groups in total. The summed E-state index contributed by atoms with van der Waals surface area (Å²) in [7, 11) is 0. The molecule has 0 spiro atoms. The van der Waals surface area contributed by atoms with Crippen molar-refractivity contribution in [2.24, 2.45) is 0 Å². The molecule has 2 rings (SSSR count). The molecule has 0 aromatic carbocycles. The van der Waals surface area contributed by atoms with Gasteiger partial charge in [-0.05, 0) is 45.9 Å². The monoisotopic (exact) mass is 343 g/mol. The van der Waals surface area contributed by atoms with Gasteiger partial charge < -0.3 is 4.74 Å². The number of hydrogen-bond acceptors (Lipinski definition) is 7. The lowest BCUT2D eigenvalue weighted by Crippen LogP contribution is -2.38. The van der Waals surface area contributed by atoms with E-state index in [1.165, 1.54) is 4.90 Å². The number of nitrogens with zero attached hydrogens (tertiary/aromatic N) is 5. The van der Waals surface area contributed by atoms with Gasteiger partial charge in [-0.25, -0.2) is 14.8 Å². The smallest absolute Gasteiger partial charge is 0.411 e. The Hall–Kier alpha value is -2.90. The van der Waals surface area contributed by atoms with E-state index >= 15 is 0 Å². The average molecular weight is 343 g/mol. The molecule has 8 heteroatoms. The minimum absolute atomic E-state index is 0.153. The summed E-state index contributed by atoms with van der Waals surface area (Å²) in [6, 6.07) is 4.47. The summed E-state index contributed by atoms with van der Waals surface area (Å²) < 4.78 is 5.49. The molecule has 0 aliphatic carbocycles. The Morgan fingerprint density at radius 3 is 2.44 bits per heavy atom. The minimum Gasteiger partial charge on any atom is -0.444 e. The van der Waals surface area contributed by atoms with Crippen LogP contribution in [0.5, 0.6) is 0 Å². The zero-order valence-corrected chi connectivity index (χ0v) is 14.7.